The molecule has 2 fully saturated rings. The first kappa shape index (κ1) is 26.7. The molecule has 3 aliphatic heterocycles. The Morgan fingerprint density at radius 3 is 2.59 bits per heavy atom. The summed E-state index contributed by atoms with van der Waals surface area (Å²) in [5, 5.41) is 3.77. The van der Waals surface area contributed by atoms with Gasteiger partial charge in [-0.2, -0.15) is 5.10 Å². The fourth-order valence-electron chi connectivity index (χ4n) is 5.42. The van der Waals surface area contributed by atoms with Crippen LogP contribution in [0.2, 0.25) is 0 Å². The van der Waals surface area contributed by atoms with E-state index in [4.69, 9.17) is 15.2 Å². The number of anilines is 2. The highest BCUT2D eigenvalue weighted by molar-refractivity contribution is 5.95. The van der Waals surface area contributed by atoms with Crippen molar-refractivity contribution in [2.75, 3.05) is 49.8 Å². The van der Waals surface area contributed by atoms with Crippen LogP contribution < -0.4 is 20.3 Å². The van der Waals surface area contributed by atoms with Crippen LogP contribution in [0.15, 0.2) is 54.7 Å². The molecule has 0 atom stereocenters. The zero-order valence-electron chi connectivity index (χ0n) is 22.1. The van der Waals surface area contributed by atoms with Crippen molar-refractivity contribution in [2.45, 2.75) is 32.2 Å². The van der Waals surface area contributed by atoms with Crippen LogP contribution in [0.25, 0.3) is 0 Å². The Morgan fingerprint density at radius 1 is 1.10 bits per heavy atom. The third-order valence-corrected chi connectivity index (χ3v) is 7.75. The summed E-state index contributed by atoms with van der Waals surface area (Å²) in [6.45, 7) is 4.82. The van der Waals surface area contributed by atoms with Gasteiger partial charge in [0.15, 0.2) is 11.5 Å². The zero-order valence-corrected chi connectivity index (χ0v) is 22.1. The summed E-state index contributed by atoms with van der Waals surface area (Å²) in [4.78, 5) is 27.0. The molecule has 39 heavy (non-hydrogen) atoms. The first-order valence-corrected chi connectivity index (χ1v) is 13.3. The van der Waals surface area contributed by atoms with E-state index in [1.165, 1.54) is 16.8 Å². The zero-order chi connectivity index (χ0) is 27.4. The Labute approximate surface area is 227 Å². The van der Waals surface area contributed by atoms with Crippen LogP contribution in [0.3, 0.4) is 0 Å². The first-order chi connectivity index (χ1) is 18.8. The van der Waals surface area contributed by atoms with E-state index in [-0.39, 0.29) is 11.6 Å². The summed E-state index contributed by atoms with van der Waals surface area (Å²) >= 11 is 0. The number of ether oxygens (including phenoxy) is 2. The molecule has 9 nitrogen and oxygen atoms in total. The van der Waals surface area contributed by atoms with Gasteiger partial charge in [-0.05, 0) is 48.4 Å². The molecular weight excluding hydrogens is 501 g/mol. The van der Waals surface area contributed by atoms with Crippen molar-refractivity contribution < 1.29 is 23.5 Å². The van der Waals surface area contributed by atoms with Crippen LogP contribution >= 0.6 is 0 Å². The molecule has 4 heterocycles. The van der Waals surface area contributed by atoms with Crippen LogP contribution in [0.1, 0.15) is 41.7 Å². The number of halogens is 1. The molecule has 10 heteroatoms. The van der Waals surface area contributed by atoms with Crippen molar-refractivity contribution in [3.63, 3.8) is 0 Å². The number of fused-ring (bicyclic) bond motifs is 1. The maximum Gasteiger partial charge on any atom is 0.272 e. The van der Waals surface area contributed by atoms with E-state index in [0.717, 1.165) is 62.3 Å². The summed E-state index contributed by atoms with van der Waals surface area (Å²) in [5.41, 5.74) is 8.12. The van der Waals surface area contributed by atoms with Gasteiger partial charge in [-0.25, -0.2) is 4.39 Å². The number of rotatable bonds is 4. The van der Waals surface area contributed by atoms with Crippen molar-refractivity contribution in [1.29, 1.82) is 0 Å². The summed E-state index contributed by atoms with van der Waals surface area (Å²) in [5.74, 6) is -0.627. The fraction of sp³-hybridized carbons (Fsp3) is 0.414. The monoisotopic (exact) mass is 535 g/mol. The van der Waals surface area contributed by atoms with Crippen LogP contribution in [0.5, 0.6) is 5.75 Å². The topological polar surface area (TPSA) is 103 Å². The molecule has 2 aromatic carbocycles. The molecule has 0 bridgehead atoms. The summed E-state index contributed by atoms with van der Waals surface area (Å²) < 4.78 is 25.8. The molecule has 2 N–H and O–H groups in total. The highest BCUT2D eigenvalue weighted by Gasteiger charge is 2.39. The number of primary amides is 1. The molecule has 0 saturated carbocycles. The lowest BCUT2D eigenvalue weighted by Crippen LogP contribution is -2.33. The van der Waals surface area contributed by atoms with Crippen molar-refractivity contribution in [3.8, 4) is 5.75 Å². The molecule has 2 saturated heterocycles. The van der Waals surface area contributed by atoms with Gasteiger partial charge in [-0.3, -0.25) is 14.3 Å². The van der Waals surface area contributed by atoms with Crippen molar-refractivity contribution in [2.24, 2.45) is 11.1 Å². The fourth-order valence-corrected chi connectivity index (χ4v) is 5.42. The number of nitrogens with zero attached hydrogens (tertiary/aromatic N) is 4. The second-order valence-electron chi connectivity index (χ2n) is 10.4. The van der Waals surface area contributed by atoms with E-state index >= 15 is 0 Å². The standard InChI is InChI=1S/C18H24N2O3.C11H10FN3O/c1-19-15-12-14(2-3-16(15)23-9-4-17(19)21)20-8-5-18(13-20)6-10-22-11-7-18;12-9-7-15(14-10(9)11(13)16)6-8-4-2-1-3-5-8/h2-3,12H,4-11,13H2,1H3;1-5,7H,6H2,(H2,13,16). The lowest BCUT2D eigenvalue weighted by molar-refractivity contribution is -0.118. The molecule has 0 radical (unpaired) electrons. The molecule has 1 aromatic heterocycles. The normalized spacial score (nSPS) is 18.2. The lowest BCUT2D eigenvalue weighted by Gasteiger charge is -2.33. The van der Waals surface area contributed by atoms with Gasteiger partial charge in [0, 0.05) is 39.0 Å². The third-order valence-electron chi connectivity index (χ3n) is 7.75. The Balaban J connectivity index is 0.000000169. The van der Waals surface area contributed by atoms with E-state index in [1.54, 1.807) is 4.90 Å². The summed E-state index contributed by atoms with van der Waals surface area (Å²) in [7, 11) is 1.84. The largest absolute Gasteiger partial charge is 0.491 e. The minimum absolute atomic E-state index is 0.114. The molecular formula is C29H34FN5O4. The number of nitrogens with two attached hydrogens (primary N) is 1. The number of hydrogen-bond donors (Lipinski definition) is 1. The average Bonchev–Trinajstić information content (AvgIpc) is 3.48. The van der Waals surface area contributed by atoms with Gasteiger partial charge < -0.3 is 25.0 Å². The summed E-state index contributed by atoms with van der Waals surface area (Å²) in [6.07, 6.45) is 5.16. The number of hydrogen-bond acceptors (Lipinski definition) is 6. The highest BCUT2D eigenvalue weighted by atomic mass is 19.1. The second-order valence-corrected chi connectivity index (χ2v) is 10.4. The quantitative estimate of drug-likeness (QED) is 0.548. The first-order valence-electron chi connectivity index (χ1n) is 13.3. The van der Waals surface area contributed by atoms with Crippen molar-refractivity contribution in [3.05, 3.63) is 71.8 Å². The van der Waals surface area contributed by atoms with Gasteiger partial charge in [-0.1, -0.05) is 30.3 Å². The van der Waals surface area contributed by atoms with Gasteiger partial charge in [0.25, 0.3) is 5.91 Å². The van der Waals surface area contributed by atoms with Crippen molar-refractivity contribution in [1.82, 2.24) is 9.78 Å². The number of amides is 2. The molecule has 0 unspecified atom stereocenters. The van der Waals surface area contributed by atoms with Gasteiger partial charge in [0.1, 0.15) is 5.75 Å². The van der Waals surface area contributed by atoms with E-state index in [0.29, 0.717) is 25.0 Å². The SMILES string of the molecule is CN1C(=O)CCOc2ccc(N3CCC4(CCOCC4)C3)cc21.NC(=O)c1nn(Cc2ccccc2)cc1F. The van der Waals surface area contributed by atoms with Gasteiger partial charge in [0.05, 0.1) is 31.5 Å². The maximum absolute atomic E-state index is 13.2. The minimum atomic E-state index is -0.857. The average molecular weight is 536 g/mol. The smallest absolute Gasteiger partial charge is 0.272 e. The Bertz CT molecular complexity index is 1320. The van der Waals surface area contributed by atoms with E-state index in [1.807, 2.05) is 43.4 Å². The van der Waals surface area contributed by atoms with E-state index in [2.05, 4.69) is 22.1 Å². The Hall–Kier alpha value is -3.92. The molecule has 0 aliphatic carbocycles. The summed E-state index contributed by atoms with van der Waals surface area (Å²) in [6, 6.07) is 15.7. The predicted octanol–water partition coefficient (Wildman–Crippen LogP) is 3.61. The van der Waals surface area contributed by atoms with Crippen molar-refractivity contribution >= 4 is 23.2 Å². The predicted molar refractivity (Wildman–Crippen MR) is 146 cm³/mol. The number of carbonyl (C=O) groups excluding carboxylic acids is 2. The number of benzene rings is 2. The highest BCUT2D eigenvalue weighted by Crippen LogP contribution is 2.43. The minimum Gasteiger partial charge on any atom is -0.491 e. The van der Waals surface area contributed by atoms with Gasteiger partial charge in [-0.15, -0.1) is 0 Å². The molecule has 2 amide bonds. The van der Waals surface area contributed by atoms with E-state index < -0.39 is 11.7 Å². The molecule has 6 rings (SSSR count). The third kappa shape index (κ3) is 6.06. The lowest BCUT2D eigenvalue weighted by atomic mass is 9.80. The molecule has 3 aliphatic rings. The van der Waals surface area contributed by atoms with Crippen LogP contribution in [-0.4, -0.2) is 61.6 Å². The van der Waals surface area contributed by atoms with Crippen LogP contribution in [0.4, 0.5) is 15.8 Å². The second kappa shape index (κ2) is 11.4. The number of carbonyl (C=O) groups is 2. The number of aromatic nitrogens is 2. The molecule has 1 spiro atoms. The van der Waals surface area contributed by atoms with Crippen LogP contribution in [0, 0.1) is 11.2 Å². The maximum atomic E-state index is 13.2. The Morgan fingerprint density at radius 2 is 1.87 bits per heavy atom. The van der Waals surface area contributed by atoms with Gasteiger partial charge in [0.2, 0.25) is 5.91 Å². The van der Waals surface area contributed by atoms with Crippen LogP contribution in [-0.2, 0) is 16.1 Å². The molecule has 206 valence electrons. The Kier molecular flexibility index (Phi) is 7.83. The van der Waals surface area contributed by atoms with Gasteiger partial charge >= 0.3 is 0 Å². The molecule has 3 aromatic rings. The van der Waals surface area contributed by atoms with E-state index in [9.17, 15) is 14.0 Å².